The summed E-state index contributed by atoms with van der Waals surface area (Å²) in [5.74, 6) is 0.180. The molecule has 0 aromatic heterocycles. The molecular formula is C27H36N4O3. The topological polar surface area (TPSA) is 73.9 Å². The molecule has 182 valence electrons. The van der Waals surface area contributed by atoms with E-state index in [0.29, 0.717) is 18.7 Å². The molecule has 3 amide bonds. The standard InChI is InChI=1S/C27H36N4O3/c1-2-21-8-10-25(11-9-21)29-27(33)31-13-4-7-24(20-31)22-5-3-6-23(19-22)26(32)28-12-14-30-15-17-34-18-16-30/h3,5-6,8-11,19,24H,2,4,7,12-18,20H2,1H3,(H,28,32)(H,29,33). The van der Waals surface area contributed by atoms with Gasteiger partial charge in [-0.3, -0.25) is 9.69 Å². The van der Waals surface area contributed by atoms with Crippen LogP contribution in [-0.4, -0.2) is 74.2 Å². The van der Waals surface area contributed by atoms with Gasteiger partial charge in [0.15, 0.2) is 0 Å². The predicted molar refractivity (Wildman–Crippen MR) is 134 cm³/mol. The van der Waals surface area contributed by atoms with Crippen molar-refractivity contribution < 1.29 is 14.3 Å². The van der Waals surface area contributed by atoms with Gasteiger partial charge in [-0.25, -0.2) is 4.79 Å². The second kappa shape index (κ2) is 12.0. The molecule has 1 atom stereocenters. The Bertz CT molecular complexity index is 957. The summed E-state index contributed by atoms with van der Waals surface area (Å²) < 4.78 is 5.37. The summed E-state index contributed by atoms with van der Waals surface area (Å²) in [6.07, 6.45) is 2.94. The quantitative estimate of drug-likeness (QED) is 0.655. The third kappa shape index (κ3) is 6.58. The summed E-state index contributed by atoms with van der Waals surface area (Å²) in [6, 6.07) is 15.8. The summed E-state index contributed by atoms with van der Waals surface area (Å²) >= 11 is 0. The van der Waals surface area contributed by atoms with Crippen molar-refractivity contribution in [1.29, 1.82) is 0 Å². The Morgan fingerprint density at radius 3 is 2.62 bits per heavy atom. The van der Waals surface area contributed by atoms with Crippen molar-refractivity contribution in [3.05, 3.63) is 65.2 Å². The molecule has 0 bridgehead atoms. The molecule has 34 heavy (non-hydrogen) atoms. The molecule has 0 saturated carbocycles. The number of rotatable bonds is 7. The van der Waals surface area contributed by atoms with Gasteiger partial charge in [-0.2, -0.15) is 0 Å². The van der Waals surface area contributed by atoms with E-state index in [4.69, 9.17) is 4.74 Å². The number of hydrogen-bond donors (Lipinski definition) is 2. The zero-order valence-corrected chi connectivity index (χ0v) is 20.1. The molecule has 7 nitrogen and oxygen atoms in total. The maximum atomic E-state index is 12.9. The van der Waals surface area contributed by atoms with E-state index in [9.17, 15) is 9.59 Å². The number of aryl methyl sites for hydroxylation is 1. The molecule has 0 radical (unpaired) electrons. The number of nitrogens with zero attached hydrogens (tertiary/aromatic N) is 2. The van der Waals surface area contributed by atoms with E-state index in [-0.39, 0.29) is 17.9 Å². The SMILES string of the molecule is CCc1ccc(NC(=O)N2CCCC(c3cccc(C(=O)NCCN4CCOCC4)c3)C2)cc1. The van der Waals surface area contributed by atoms with Gasteiger partial charge in [0, 0.05) is 56.4 Å². The van der Waals surface area contributed by atoms with Gasteiger partial charge in [-0.1, -0.05) is 31.2 Å². The van der Waals surface area contributed by atoms with Gasteiger partial charge in [0.1, 0.15) is 0 Å². The maximum Gasteiger partial charge on any atom is 0.321 e. The Kier molecular flexibility index (Phi) is 8.55. The number of likely N-dealkylation sites (tertiary alicyclic amines) is 1. The van der Waals surface area contributed by atoms with Gasteiger partial charge < -0.3 is 20.3 Å². The second-order valence-corrected chi connectivity index (χ2v) is 9.10. The minimum Gasteiger partial charge on any atom is -0.379 e. The minimum absolute atomic E-state index is 0.0453. The number of hydrogen-bond acceptors (Lipinski definition) is 4. The maximum absolute atomic E-state index is 12.9. The highest BCUT2D eigenvalue weighted by Gasteiger charge is 2.25. The molecule has 2 aliphatic rings. The van der Waals surface area contributed by atoms with Crippen molar-refractivity contribution >= 4 is 17.6 Å². The first kappa shape index (κ1) is 24.2. The lowest BCUT2D eigenvalue weighted by Gasteiger charge is -2.33. The van der Waals surface area contributed by atoms with Crippen LogP contribution in [0.15, 0.2) is 48.5 Å². The first-order valence-corrected chi connectivity index (χ1v) is 12.5. The molecule has 2 N–H and O–H groups in total. The predicted octanol–water partition coefficient (Wildman–Crippen LogP) is 3.72. The Morgan fingerprint density at radius 2 is 1.85 bits per heavy atom. The van der Waals surface area contributed by atoms with Crippen molar-refractivity contribution in [2.24, 2.45) is 0 Å². The Hall–Kier alpha value is -2.90. The van der Waals surface area contributed by atoms with Crippen LogP contribution in [0.2, 0.25) is 0 Å². The molecule has 1 unspecified atom stereocenters. The highest BCUT2D eigenvalue weighted by Crippen LogP contribution is 2.28. The van der Waals surface area contributed by atoms with Gasteiger partial charge in [0.2, 0.25) is 0 Å². The third-order valence-corrected chi connectivity index (χ3v) is 6.76. The largest absolute Gasteiger partial charge is 0.379 e. The first-order valence-electron chi connectivity index (χ1n) is 12.5. The van der Waals surface area contributed by atoms with Crippen LogP contribution in [0.25, 0.3) is 0 Å². The number of piperidine rings is 1. The van der Waals surface area contributed by atoms with E-state index < -0.39 is 0 Å². The van der Waals surface area contributed by atoms with Crippen LogP contribution in [0.3, 0.4) is 0 Å². The van der Waals surface area contributed by atoms with E-state index in [1.165, 1.54) is 5.56 Å². The number of anilines is 1. The highest BCUT2D eigenvalue weighted by atomic mass is 16.5. The Labute approximate surface area is 202 Å². The van der Waals surface area contributed by atoms with Gasteiger partial charge >= 0.3 is 6.03 Å². The third-order valence-electron chi connectivity index (χ3n) is 6.76. The summed E-state index contributed by atoms with van der Waals surface area (Å²) in [5.41, 5.74) is 3.86. The van der Waals surface area contributed by atoms with E-state index in [2.05, 4.69) is 28.5 Å². The monoisotopic (exact) mass is 464 g/mol. The fourth-order valence-corrected chi connectivity index (χ4v) is 4.65. The molecule has 2 aliphatic heterocycles. The normalized spacial score (nSPS) is 19.0. The minimum atomic E-state index is -0.0639. The van der Waals surface area contributed by atoms with Crippen LogP contribution >= 0.6 is 0 Å². The van der Waals surface area contributed by atoms with Crippen LogP contribution < -0.4 is 10.6 Å². The van der Waals surface area contributed by atoms with Crippen molar-refractivity contribution in [2.45, 2.75) is 32.1 Å². The average molecular weight is 465 g/mol. The molecule has 2 saturated heterocycles. The van der Waals surface area contributed by atoms with Crippen molar-refractivity contribution in [3.63, 3.8) is 0 Å². The smallest absolute Gasteiger partial charge is 0.321 e. The lowest BCUT2D eigenvalue weighted by Crippen LogP contribution is -2.41. The van der Waals surface area contributed by atoms with Crippen LogP contribution in [0.4, 0.5) is 10.5 Å². The number of amides is 3. The Balaban J connectivity index is 1.31. The van der Waals surface area contributed by atoms with Crippen molar-refractivity contribution in [1.82, 2.24) is 15.1 Å². The molecular weight excluding hydrogens is 428 g/mol. The summed E-state index contributed by atoms with van der Waals surface area (Å²) in [6.45, 7) is 8.34. The number of carbonyl (C=O) groups excluding carboxylic acids is 2. The number of carbonyl (C=O) groups is 2. The fraction of sp³-hybridized carbons (Fsp3) is 0.481. The highest BCUT2D eigenvalue weighted by molar-refractivity contribution is 5.94. The van der Waals surface area contributed by atoms with Gasteiger partial charge in [-0.05, 0) is 54.7 Å². The first-order chi connectivity index (χ1) is 16.6. The number of nitrogens with one attached hydrogen (secondary N) is 2. The van der Waals surface area contributed by atoms with E-state index in [1.54, 1.807) is 0 Å². The van der Waals surface area contributed by atoms with E-state index in [1.807, 2.05) is 47.4 Å². The average Bonchev–Trinajstić information content (AvgIpc) is 2.90. The van der Waals surface area contributed by atoms with Crippen LogP contribution in [0.5, 0.6) is 0 Å². The zero-order valence-electron chi connectivity index (χ0n) is 20.1. The molecule has 0 aliphatic carbocycles. The summed E-state index contributed by atoms with van der Waals surface area (Å²) in [5, 5.41) is 6.07. The zero-order chi connectivity index (χ0) is 23.8. The van der Waals surface area contributed by atoms with Crippen LogP contribution in [0, 0.1) is 0 Å². The molecule has 2 fully saturated rings. The Morgan fingerprint density at radius 1 is 1.06 bits per heavy atom. The van der Waals surface area contributed by atoms with Crippen molar-refractivity contribution in [2.75, 3.05) is 57.8 Å². The van der Waals surface area contributed by atoms with Crippen molar-refractivity contribution in [3.8, 4) is 0 Å². The number of morpholine rings is 1. The van der Waals surface area contributed by atoms with Gasteiger partial charge in [0.05, 0.1) is 13.2 Å². The second-order valence-electron chi connectivity index (χ2n) is 9.10. The molecule has 0 spiro atoms. The van der Waals surface area contributed by atoms with E-state index >= 15 is 0 Å². The van der Waals surface area contributed by atoms with Gasteiger partial charge in [0.25, 0.3) is 5.91 Å². The van der Waals surface area contributed by atoms with Gasteiger partial charge in [-0.15, -0.1) is 0 Å². The number of urea groups is 1. The van der Waals surface area contributed by atoms with Crippen LogP contribution in [0.1, 0.15) is 47.2 Å². The lowest BCUT2D eigenvalue weighted by molar-refractivity contribution is 0.0383. The number of benzene rings is 2. The van der Waals surface area contributed by atoms with E-state index in [0.717, 1.165) is 69.9 Å². The molecule has 2 aromatic carbocycles. The number of ether oxygens (including phenoxy) is 1. The summed E-state index contributed by atoms with van der Waals surface area (Å²) in [7, 11) is 0. The molecule has 2 aromatic rings. The molecule has 7 heteroatoms. The van der Waals surface area contributed by atoms with Crippen LogP contribution in [-0.2, 0) is 11.2 Å². The fourth-order valence-electron chi connectivity index (χ4n) is 4.65. The molecule has 4 rings (SSSR count). The summed E-state index contributed by atoms with van der Waals surface area (Å²) in [4.78, 5) is 29.8. The molecule has 2 heterocycles. The lowest BCUT2D eigenvalue weighted by atomic mass is 9.89.